The van der Waals surface area contributed by atoms with Gasteiger partial charge in [0.25, 0.3) is 0 Å². The monoisotopic (exact) mass is 288 g/mol. The fraction of sp³-hybridized carbons (Fsp3) is 0.357. The lowest BCUT2D eigenvalue weighted by Crippen LogP contribution is -2.29. The summed E-state index contributed by atoms with van der Waals surface area (Å²) in [5, 5.41) is 6.91. The average molecular weight is 288 g/mol. The predicted octanol–water partition coefficient (Wildman–Crippen LogP) is 1.54. The van der Waals surface area contributed by atoms with Gasteiger partial charge >= 0.3 is 0 Å². The molecule has 0 spiro atoms. The van der Waals surface area contributed by atoms with Crippen LogP contribution in [0, 0.1) is 6.92 Å². The molecule has 7 nitrogen and oxygen atoms in total. The van der Waals surface area contributed by atoms with Crippen molar-refractivity contribution in [1.82, 2.24) is 14.8 Å². The summed E-state index contributed by atoms with van der Waals surface area (Å²) >= 11 is 0. The summed E-state index contributed by atoms with van der Waals surface area (Å²) in [7, 11) is 3.19. The molecule has 0 unspecified atom stereocenters. The van der Waals surface area contributed by atoms with Gasteiger partial charge in [-0.25, -0.2) is 4.68 Å². The number of nitrogens with zero attached hydrogens (tertiary/aromatic N) is 3. The molecule has 110 valence electrons. The van der Waals surface area contributed by atoms with Crippen LogP contribution in [0.5, 0.6) is 11.5 Å². The zero-order valence-electron chi connectivity index (χ0n) is 12.1. The summed E-state index contributed by atoms with van der Waals surface area (Å²) in [6, 6.07) is 3.59. The molecule has 1 atom stereocenters. The molecule has 0 radical (unpaired) electrons. The van der Waals surface area contributed by atoms with Crippen LogP contribution in [0.4, 0.5) is 5.95 Å². The lowest BCUT2D eigenvalue weighted by Gasteiger charge is -2.25. The highest BCUT2D eigenvalue weighted by atomic mass is 16.5. The van der Waals surface area contributed by atoms with E-state index in [1.54, 1.807) is 18.9 Å². The van der Waals surface area contributed by atoms with Crippen LogP contribution in [-0.2, 0) is 4.79 Å². The zero-order chi connectivity index (χ0) is 15.0. The van der Waals surface area contributed by atoms with Crippen LogP contribution in [0.25, 0.3) is 0 Å². The molecule has 2 aromatic rings. The molecule has 0 saturated carbocycles. The molecule has 1 amide bonds. The first-order valence-corrected chi connectivity index (χ1v) is 6.56. The van der Waals surface area contributed by atoms with Gasteiger partial charge < -0.3 is 9.47 Å². The smallest absolute Gasteiger partial charge is 0.229 e. The quantitative estimate of drug-likeness (QED) is 0.926. The first-order valence-electron chi connectivity index (χ1n) is 6.56. The Labute approximate surface area is 121 Å². The van der Waals surface area contributed by atoms with Gasteiger partial charge in [0.2, 0.25) is 11.9 Å². The first-order chi connectivity index (χ1) is 10.1. The number of aromatic nitrogens is 3. The number of rotatable bonds is 3. The van der Waals surface area contributed by atoms with Crippen LogP contribution in [0.3, 0.4) is 0 Å². The number of ether oxygens (including phenoxy) is 2. The van der Waals surface area contributed by atoms with Gasteiger partial charge in [-0.2, -0.15) is 10.1 Å². The second-order valence-electron chi connectivity index (χ2n) is 4.86. The maximum Gasteiger partial charge on any atom is 0.229 e. The van der Waals surface area contributed by atoms with E-state index in [2.05, 4.69) is 15.4 Å². The van der Waals surface area contributed by atoms with E-state index in [1.165, 1.54) is 6.33 Å². The van der Waals surface area contributed by atoms with E-state index in [-0.39, 0.29) is 11.9 Å². The Morgan fingerprint density at radius 2 is 2.00 bits per heavy atom. The lowest BCUT2D eigenvalue weighted by atomic mass is 9.97. The summed E-state index contributed by atoms with van der Waals surface area (Å²) < 4.78 is 12.4. The molecule has 1 aliphatic heterocycles. The van der Waals surface area contributed by atoms with Gasteiger partial charge in [0.15, 0.2) is 11.5 Å². The van der Waals surface area contributed by atoms with E-state index in [0.717, 1.165) is 11.1 Å². The minimum Gasteiger partial charge on any atom is -0.493 e. The normalized spacial score (nSPS) is 17.1. The fourth-order valence-corrected chi connectivity index (χ4v) is 2.60. The maximum atomic E-state index is 11.8. The topological polar surface area (TPSA) is 78.3 Å². The van der Waals surface area contributed by atoms with Gasteiger partial charge in [-0.05, 0) is 30.2 Å². The summed E-state index contributed by atoms with van der Waals surface area (Å²) in [6.07, 6.45) is 1.75. The highest BCUT2D eigenvalue weighted by Crippen LogP contribution is 2.37. The van der Waals surface area contributed by atoms with Crippen LogP contribution in [-0.4, -0.2) is 34.9 Å². The molecule has 0 saturated heterocycles. The van der Waals surface area contributed by atoms with Crippen LogP contribution in [0.2, 0.25) is 0 Å². The number of amides is 1. The fourth-order valence-electron chi connectivity index (χ4n) is 2.60. The van der Waals surface area contributed by atoms with Gasteiger partial charge in [0, 0.05) is 0 Å². The number of aryl methyl sites for hydroxylation is 1. The minimum absolute atomic E-state index is 0.0744. The summed E-state index contributed by atoms with van der Waals surface area (Å²) in [4.78, 5) is 15.9. The molecule has 7 heteroatoms. The Morgan fingerprint density at radius 3 is 2.71 bits per heavy atom. The van der Waals surface area contributed by atoms with E-state index in [4.69, 9.17) is 9.47 Å². The van der Waals surface area contributed by atoms with Gasteiger partial charge in [-0.3, -0.25) is 10.1 Å². The van der Waals surface area contributed by atoms with Gasteiger partial charge in [0.1, 0.15) is 6.33 Å². The number of methoxy groups -OCH3 is 2. The van der Waals surface area contributed by atoms with Crippen molar-refractivity contribution in [1.29, 1.82) is 0 Å². The molecule has 0 aliphatic carbocycles. The van der Waals surface area contributed by atoms with Crippen molar-refractivity contribution >= 4 is 11.9 Å². The molecule has 0 fully saturated rings. The van der Waals surface area contributed by atoms with Gasteiger partial charge in [0.05, 0.1) is 26.7 Å². The molecule has 0 bridgehead atoms. The molecular weight excluding hydrogens is 272 g/mol. The molecule has 3 rings (SSSR count). The SMILES string of the molecule is COc1cc(C)c([C@H]2CC(=O)Nc3ncnn32)cc1OC. The second-order valence-corrected chi connectivity index (χ2v) is 4.86. The zero-order valence-corrected chi connectivity index (χ0v) is 12.1. The molecule has 1 aromatic heterocycles. The molecule has 21 heavy (non-hydrogen) atoms. The molecule has 1 aromatic carbocycles. The molecule has 2 heterocycles. The lowest BCUT2D eigenvalue weighted by molar-refractivity contribution is -0.117. The van der Waals surface area contributed by atoms with E-state index in [1.807, 2.05) is 19.1 Å². The Morgan fingerprint density at radius 1 is 1.29 bits per heavy atom. The average Bonchev–Trinajstić information content (AvgIpc) is 2.94. The van der Waals surface area contributed by atoms with Gasteiger partial charge in [-0.15, -0.1) is 0 Å². The van der Waals surface area contributed by atoms with E-state index in [9.17, 15) is 4.79 Å². The Kier molecular flexibility index (Phi) is 3.25. The minimum atomic E-state index is -0.198. The largest absolute Gasteiger partial charge is 0.493 e. The highest BCUT2D eigenvalue weighted by molar-refractivity contribution is 5.91. The summed E-state index contributed by atoms with van der Waals surface area (Å²) in [6.45, 7) is 1.97. The van der Waals surface area contributed by atoms with Crippen LogP contribution < -0.4 is 14.8 Å². The Bertz CT molecular complexity index is 696. The van der Waals surface area contributed by atoms with Crippen molar-refractivity contribution in [2.45, 2.75) is 19.4 Å². The predicted molar refractivity (Wildman–Crippen MR) is 75.7 cm³/mol. The molecular formula is C14H16N4O3. The molecule has 1 N–H and O–H groups in total. The summed E-state index contributed by atoms with van der Waals surface area (Å²) in [5.41, 5.74) is 1.98. The van der Waals surface area contributed by atoms with Crippen molar-refractivity contribution in [3.63, 3.8) is 0 Å². The maximum absolute atomic E-state index is 11.8. The van der Waals surface area contributed by atoms with Crippen molar-refractivity contribution in [2.24, 2.45) is 0 Å². The van der Waals surface area contributed by atoms with Crippen LogP contribution in [0.1, 0.15) is 23.6 Å². The van der Waals surface area contributed by atoms with Crippen molar-refractivity contribution in [3.05, 3.63) is 29.6 Å². The first kappa shape index (κ1) is 13.4. The van der Waals surface area contributed by atoms with E-state index >= 15 is 0 Å². The number of benzene rings is 1. The van der Waals surface area contributed by atoms with E-state index in [0.29, 0.717) is 23.9 Å². The molecule has 1 aliphatic rings. The van der Waals surface area contributed by atoms with Crippen LogP contribution in [0.15, 0.2) is 18.5 Å². The highest BCUT2D eigenvalue weighted by Gasteiger charge is 2.29. The number of carbonyl (C=O) groups is 1. The van der Waals surface area contributed by atoms with Crippen LogP contribution >= 0.6 is 0 Å². The third kappa shape index (κ3) is 2.20. The standard InChI is InChI=1S/C14H16N4O3/c1-8-4-11(20-2)12(21-3)5-9(8)10-6-13(19)17-14-15-7-16-18(10)14/h4-5,7,10H,6H2,1-3H3,(H,15,16,17,19)/t10-/m1/s1. The number of carbonyl (C=O) groups excluding carboxylic acids is 1. The van der Waals surface area contributed by atoms with Crippen molar-refractivity contribution < 1.29 is 14.3 Å². The summed E-state index contributed by atoms with van der Waals surface area (Å²) in [5.74, 6) is 1.68. The number of fused-ring (bicyclic) bond motifs is 1. The van der Waals surface area contributed by atoms with Crippen molar-refractivity contribution in [3.8, 4) is 11.5 Å². The number of anilines is 1. The second kappa shape index (κ2) is 5.08. The number of hydrogen-bond donors (Lipinski definition) is 1. The van der Waals surface area contributed by atoms with Gasteiger partial charge in [-0.1, -0.05) is 0 Å². The third-order valence-corrected chi connectivity index (χ3v) is 3.63. The number of nitrogens with one attached hydrogen (secondary N) is 1. The Balaban J connectivity index is 2.11. The third-order valence-electron chi connectivity index (χ3n) is 3.63. The Hall–Kier alpha value is -2.57. The van der Waals surface area contributed by atoms with Crippen molar-refractivity contribution in [2.75, 3.05) is 19.5 Å². The number of hydrogen-bond acceptors (Lipinski definition) is 5. The van der Waals surface area contributed by atoms with E-state index < -0.39 is 0 Å².